The lowest BCUT2D eigenvalue weighted by Gasteiger charge is -2.13. The molecule has 2 heterocycles. The number of amides is 1. The van der Waals surface area contributed by atoms with Gasteiger partial charge in [0, 0.05) is 17.7 Å². The smallest absolute Gasteiger partial charge is 0.257 e. The van der Waals surface area contributed by atoms with Crippen molar-refractivity contribution in [1.29, 1.82) is 0 Å². The Labute approximate surface area is 167 Å². The zero-order valence-corrected chi connectivity index (χ0v) is 16.5. The highest BCUT2D eigenvalue weighted by atomic mass is 32.2. The fourth-order valence-corrected chi connectivity index (χ4v) is 4.77. The Morgan fingerprint density at radius 2 is 2.25 bits per heavy atom. The van der Waals surface area contributed by atoms with Crippen molar-refractivity contribution in [3.63, 3.8) is 0 Å². The first kappa shape index (κ1) is 18.6. The van der Waals surface area contributed by atoms with Crippen LogP contribution in [0.15, 0.2) is 34.2 Å². The highest BCUT2D eigenvalue weighted by Gasteiger charge is 2.30. The van der Waals surface area contributed by atoms with E-state index in [-0.39, 0.29) is 30.5 Å². The predicted octanol–water partition coefficient (Wildman–Crippen LogP) is 1.95. The average molecular weight is 395 g/mol. The minimum absolute atomic E-state index is 0.0382. The lowest BCUT2D eigenvalue weighted by molar-refractivity contribution is -0.121. The zero-order chi connectivity index (χ0) is 19.5. The molecule has 1 aliphatic heterocycles. The van der Waals surface area contributed by atoms with Gasteiger partial charge in [-0.15, -0.1) is 0 Å². The van der Waals surface area contributed by atoms with E-state index in [0.29, 0.717) is 11.5 Å². The Bertz CT molecular complexity index is 1040. The number of rotatable bonds is 4. The molecule has 4 rings (SSSR count). The van der Waals surface area contributed by atoms with Crippen LogP contribution in [0, 0.1) is 11.8 Å². The fraction of sp³-hybridized carbons (Fsp3) is 0.381. The van der Waals surface area contributed by atoms with Crippen molar-refractivity contribution in [2.75, 3.05) is 19.4 Å². The maximum Gasteiger partial charge on any atom is 0.257 e. The van der Waals surface area contributed by atoms with Gasteiger partial charge in [0.25, 0.3) is 5.56 Å². The van der Waals surface area contributed by atoms with Crippen LogP contribution in [0.4, 0.5) is 0 Å². The van der Waals surface area contributed by atoms with E-state index in [0.717, 1.165) is 41.2 Å². The SMILES string of the molecule is COc1ccccc1C#CCNC(=O)CC1CSc2nc3c(c(=O)n21)CCC3. The van der Waals surface area contributed by atoms with Crippen LogP contribution in [0.25, 0.3) is 0 Å². The van der Waals surface area contributed by atoms with Crippen LogP contribution >= 0.6 is 11.8 Å². The van der Waals surface area contributed by atoms with Crippen molar-refractivity contribution >= 4 is 17.7 Å². The van der Waals surface area contributed by atoms with Crippen LogP contribution < -0.4 is 15.6 Å². The van der Waals surface area contributed by atoms with Gasteiger partial charge >= 0.3 is 0 Å². The van der Waals surface area contributed by atoms with E-state index < -0.39 is 0 Å². The van der Waals surface area contributed by atoms with Gasteiger partial charge in [-0.25, -0.2) is 4.98 Å². The molecule has 0 fully saturated rings. The van der Waals surface area contributed by atoms with Gasteiger partial charge in [-0.3, -0.25) is 14.2 Å². The molecular formula is C21H21N3O3S. The van der Waals surface area contributed by atoms with Crippen LogP contribution in [0.3, 0.4) is 0 Å². The second-order valence-corrected chi connectivity index (χ2v) is 7.78. The molecule has 1 aromatic carbocycles. The maximum atomic E-state index is 12.8. The molecular weight excluding hydrogens is 374 g/mol. The standard InChI is InChI=1S/C21H21N3O3S/c1-27-18-10-3-2-6-14(18)7-5-11-22-19(25)12-15-13-28-21-23-17-9-4-8-16(17)20(26)24(15)21/h2-3,6,10,15H,4,8-9,11-13H2,1H3,(H,22,25). The number of aromatic nitrogens is 2. The summed E-state index contributed by atoms with van der Waals surface area (Å²) in [6.45, 7) is 0.251. The minimum Gasteiger partial charge on any atom is -0.495 e. The molecule has 1 unspecified atom stereocenters. The number of methoxy groups -OCH3 is 1. The van der Waals surface area contributed by atoms with Gasteiger partial charge in [-0.05, 0) is 31.4 Å². The number of ether oxygens (including phenoxy) is 1. The van der Waals surface area contributed by atoms with E-state index >= 15 is 0 Å². The monoisotopic (exact) mass is 395 g/mol. The van der Waals surface area contributed by atoms with Gasteiger partial charge in [0.2, 0.25) is 5.91 Å². The molecule has 0 spiro atoms. The average Bonchev–Trinajstić information content (AvgIpc) is 3.33. The van der Waals surface area contributed by atoms with Crippen LogP contribution in [0.2, 0.25) is 0 Å². The van der Waals surface area contributed by atoms with Crippen molar-refractivity contribution in [2.24, 2.45) is 0 Å². The molecule has 1 N–H and O–H groups in total. The maximum absolute atomic E-state index is 12.8. The molecule has 7 heteroatoms. The van der Waals surface area contributed by atoms with Crippen molar-refractivity contribution in [1.82, 2.24) is 14.9 Å². The molecule has 0 bridgehead atoms. The van der Waals surface area contributed by atoms with Gasteiger partial charge in [0.1, 0.15) is 5.75 Å². The van der Waals surface area contributed by atoms with E-state index in [4.69, 9.17) is 4.74 Å². The van der Waals surface area contributed by atoms with Crippen LogP contribution in [-0.2, 0) is 17.6 Å². The highest BCUT2D eigenvalue weighted by Crippen LogP contribution is 2.33. The Morgan fingerprint density at radius 1 is 1.39 bits per heavy atom. The Hall–Kier alpha value is -2.72. The number of hydrogen-bond donors (Lipinski definition) is 1. The first-order valence-electron chi connectivity index (χ1n) is 9.33. The van der Waals surface area contributed by atoms with Gasteiger partial charge in [0.15, 0.2) is 5.16 Å². The number of nitrogens with one attached hydrogen (secondary N) is 1. The highest BCUT2D eigenvalue weighted by molar-refractivity contribution is 7.99. The van der Waals surface area contributed by atoms with E-state index in [1.165, 1.54) is 0 Å². The quantitative estimate of drug-likeness (QED) is 0.633. The number of nitrogens with zero attached hydrogens (tertiary/aromatic N) is 2. The summed E-state index contributed by atoms with van der Waals surface area (Å²) in [5.74, 6) is 7.25. The van der Waals surface area contributed by atoms with E-state index in [1.807, 2.05) is 24.3 Å². The molecule has 0 radical (unpaired) electrons. The molecule has 0 saturated carbocycles. The summed E-state index contributed by atoms with van der Waals surface area (Å²) < 4.78 is 6.98. The molecule has 28 heavy (non-hydrogen) atoms. The summed E-state index contributed by atoms with van der Waals surface area (Å²) >= 11 is 1.56. The summed E-state index contributed by atoms with van der Waals surface area (Å²) in [4.78, 5) is 29.7. The molecule has 1 amide bonds. The summed E-state index contributed by atoms with van der Waals surface area (Å²) in [5, 5.41) is 3.57. The van der Waals surface area contributed by atoms with E-state index in [2.05, 4.69) is 22.1 Å². The molecule has 1 aromatic heterocycles. The van der Waals surface area contributed by atoms with Gasteiger partial charge in [0.05, 0.1) is 31.0 Å². The number of hydrogen-bond acceptors (Lipinski definition) is 5. The number of benzene rings is 1. The number of aryl methyl sites for hydroxylation is 1. The third-order valence-corrected chi connectivity index (χ3v) is 6.09. The van der Waals surface area contributed by atoms with Gasteiger partial charge in [-0.2, -0.15) is 0 Å². The zero-order valence-electron chi connectivity index (χ0n) is 15.7. The Kier molecular flexibility index (Phi) is 5.40. The van der Waals surface area contributed by atoms with Crippen molar-refractivity contribution < 1.29 is 9.53 Å². The number of thioether (sulfide) groups is 1. The fourth-order valence-electron chi connectivity index (χ4n) is 3.62. The van der Waals surface area contributed by atoms with Crippen LogP contribution in [-0.4, -0.2) is 34.9 Å². The Balaban J connectivity index is 1.38. The molecule has 1 atom stereocenters. The first-order valence-corrected chi connectivity index (χ1v) is 10.3. The van der Waals surface area contributed by atoms with Gasteiger partial charge < -0.3 is 10.1 Å². The summed E-state index contributed by atoms with van der Waals surface area (Å²) in [6.07, 6.45) is 2.93. The van der Waals surface area contributed by atoms with Crippen molar-refractivity contribution in [3.05, 3.63) is 51.4 Å². The number of carbonyl (C=O) groups is 1. The van der Waals surface area contributed by atoms with Crippen molar-refractivity contribution in [2.45, 2.75) is 36.9 Å². The number of para-hydroxylation sites is 1. The third kappa shape index (κ3) is 3.65. The summed E-state index contributed by atoms with van der Waals surface area (Å²) in [7, 11) is 1.60. The molecule has 2 aromatic rings. The molecule has 144 valence electrons. The van der Waals surface area contributed by atoms with Crippen LogP contribution in [0.5, 0.6) is 5.75 Å². The molecule has 6 nitrogen and oxygen atoms in total. The summed E-state index contributed by atoms with van der Waals surface area (Å²) in [6, 6.07) is 7.35. The predicted molar refractivity (Wildman–Crippen MR) is 108 cm³/mol. The topological polar surface area (TPSA) is 73.2 Å². The first-order chi connectivity index (χ1) is 13.7. The minimum atomic E-state index is -0.145. The van der Waals surface area contributed by atoms with E-state index in [1.54, 1.807) is 23.4 Å². The normalized spacial score (nSPS) is 16.7. The second-order valence-electron chi connectivity index (χ2n) is 6.80. The molecule has 1 aliphatic carbocycles. The number of carbonyl (C=O) groups excluding carboxylic acids is 1. The molecule has 2 aliphatic rings. The third-order valence-electron chi connectivity index (χ3n) is 5.00. The van der Waals surface area contributed by atoms with Gasteiger partial charge in [-0.1, -0.05) is 35.7 Å². The molecule has 0 saturated heterocycles. The Morgan fingerprint density at radius 3 is 3.11 bits per heavy atom. The van der Waals surface area contributed by atoms with Crippen molar-refractivity contribution in [3.8, 4) is 17.6 Å². The lowest BCUT2D eigenvalue weighted by atomic mass is 10.2. The van der Waals surface area contributed by atoms with Crippen LogP contribution in [0.1, 0.15) is 35.7 Å². The second kappa shape index (κ2) is 8.11. The summed E-state index contributed by atoms with van der Waals surface area (Å²) in [5.41, 5.74) is 2.60. The van der Waals surface area contributed by atoms with E-state index in [9.17, 15) is 9.59 Å². The number of fused-ring (bicyclic) bond motifs is 2. The largest absolute Gasteiger partial charge is 0.495 e. The lowest BCUT2D eigenvalue weighted by Crippen LogP contribution is -2.32.